The first kappa shape index (κ1) is 13.1. The number of benzene rings is 1. The van der Waals surface area contributed by atoms with E-state index >= 15 is 0 Å². The number of halogens is 2. The zero-order valence-corrected chi connectivity index (χ0v) is 11.9. The van der Waals surface area contributed by atoms with E-state index in [2.05, 4.69) is 9.97 Å². The summed E-state index contributed by atoms with van der Waals surface area (Å²) in [5, 5.41) is 0. The number of aromatic nitrogens is 3. The van der Waals surface area contributed by atoms with Crippen LogP contribution in [-0.4, -0.2) is 14.5 Å². The van der Waals surface area contributed by atoms with Gasteiger partial charge in [-0.05, 0) is 49.2 Å². The zero-order chi connectivity index (χ0) is 14.3. The third-order valence-corrected chi connectivity index (χ3v) is 3.58. The number of fused-ring (bicyclic) bond motifs is 1. The van der Waals surface area contributed by atoms with Gasteiger partial charge in [-0.3, -0.25) is 4.57 Å². The fourth-order valence-electron chi connectivity index (χ4n) is 2.27. The summed E-state index contributed by atoms with van der Waals surface area (Å²) in [6.45, 7) is 3.71. The van der Waals surface area contributed by atoms with E-state index in [1.165, 1.54) is 6.07 Å². The van der Waals surface area contributed by atoms with E-state index in [1.54, 1.807) is 25.3 Å². The zero-order valence-electron chi connectivity index (χ0n) is 11.2. The summed E-state index contributed by atoms with van der Waals surface area (Å²) in [6, 6.07) is 6.85. The molecular formula is C15H13ClFN3. The number of imidazole rings is 1. The minimum Gasteiger partial charge on any atom is -0.280 e. The molecule has 0 spiro atoms. The van der Waals surface area contributed by atoms with Gasteiger partial charge in [-0.1, -0.05) is 0 Å². The second kappa shape index (κ2) is 4.87. The standard InChI is InChI=1S/C15H13ClFN3/c1-9-5-6-18-15-14(9)19-13(8-16)20(15)11-3-4-12(17)10(2)7-11/h3-7H,8H2,1-2H3. The van der Waals surface area contributed by atoms with Crippen molar-refractivity contribution in [3.05, 3.63) is 53.2 Å². The summed E-state index contributed by atoms with van der Waals surface area (Å²) >= 11 is 5.99. The van der Waals surface area contributed by atoms with Gasteiger partial charge in [0.1, 0.15) is 17.2 Å². The summed E-state index contributed by atoms with van der Waals surface area (Å²) in [5.74, 6) is 0.746. The van der Waals surface area contributed by atoms with Gasteiger partial charge in [0, 0.05) is 11.9 Å². The van der Waals surface area contributed by atoms with Crippen molar-refractivity contribution < 1.29 is 4.39 Å². The van der Waals surface area contributed by atoms with Crippen LogP contribution in [0.4, 0.5) is 4.39 Å². The molecule has 3 rings (SSSR count). The fraction of sp³-hybridized carbons (Fsp3) is 0.200. The fourth-order valence-corrected chi connectivity index (χ4v) is 2.45. The Hall–Kier alpha value is -1.94. The van der Waals surface area contributed by atoms with Crippen LogP contribution in [0.3, 0.4) is 0 Å². The van der Waals surface area contributed by atoms with E-state index in [-0.39, 0.29) is 11.7 Å². The monoisotopic (exact) mass is 289 g/mol. The molecule has 0 saturated heterocycles. The predicted octanol–water partition coefficient (Wildman–Crippen LogP) is 3.92. The van der Waals surface area contributed by atoms with E-state index < -0.39 is 0 Å². The van der Waals surface area contributed by atoms with Crippen LogP contribution in [0.25, 0.3) is 16.9 Å². The Kier molecular flexibility index (Phi) is 3.18. The quantitative estimate of drug-likeness (QED) is 0.670. The van der Waals surface area contributed by atoms with Gasteiger partial charge in [-0.15, -0.1) is 11.6 Å². The maximum atomic E-state index is 13.4. The Bertz CT molecular complexity index is 795. The number of hydrogen-bond acceptors (Lipinski definition) is 2. The van der Waals surface area contributed by atoms with E-state index in [0.717, 1.165) is 22.4 Å². The van der Waals surface area contributed by atoms with E-state index in [0.29, 0.717) is 11.4 Å². The minimum absolute atomic E-state index is 0.227. The molecule has 0 atom stereocenters. The molecule has 0 aliphatic rings. The molecule has 2 aromatic heterocycles. The van der Waals surface area contributed by atoms with Gasteiger partial charge in [-0.25, -0.2) is 14.4 Å². The van der Waals surface area contributed by atoms with Crippen molar-refractivity contribution in [2.24, 2.45) is 0 Å². The van der Waals surface area contributed by atoms with Crippen molar-refractivity contribution in [1.82, 2.24) is 14.5 Å². The smallest absolute Gasteiger partial charge is 0.164 e. The van der Waals surface area contributed by atoms with Gasteiger partial charge in [0.05, 0.1) is 5.88 Å². The van der Waals surface area contributed by atoms with Gasteiger partial charge in [-0.2, -0.15) is 0 Å². The van der Waals surface area contributed by atoms with E-state index in [9.17, 15) is 4.39 Å². The highest BCUT2D eigenvalue weighted by atomic mass is 35.5. The van der Waals surface area contributed by atoms with E-state index in [1.807, 2.05) is 17.6 Å². The highest BCUT2D eigenvalue weighted by Crippen LogP contribution is 2.24. The summed E-state index contributed by atoms with van der Waals surface area (Å²) in [7, 11) is 0. The van der Waals surface area contributed by atoms with Crippen molar-refractivity contribution in [3.8, 4) is 5.69 Å². The van der Waals surface area contributed by atoms with Gasteiger partial charge in [0.2, 0.25) is 0 Å². The Morgan fingerprint density at radius 3 is 2.70 bits per heavy atom. The minimum atomic E-state index is -0.227. The average Bonchev–Trinajstić information content (AvgIpc) is 2.82. The lowest BCUT2D eigenvalue weighted by molar-refractivity contribution is 0.618. The molecule has 0 N–H and O–H groups in total. The van der Waals surface area contributed by atoms with Crippen LogP contribution in [0.15, 0.2) is 30.5 Å². The third-order valence-electron chi connectivity index (χ3n) is 3.34. The van der Waals surface area contributed by atoms with Crippen LogP contribution in [-0.2, 0) is 5.88 Å². The highest BCUT2D eigenvalue weighted by molar-refractivity contribution is 6.17. The van der Waals surface area contributed by atoms with Crippen LogP contribution in [0.5, 0.6) is 0 Å². The van der Waals surface area contributed by atoms with Crippen LogP contribution in [0, 0.1) is 19.7 Å². The lowest BCUT2D eigenvalue weighted by Gasteiger charge is -2.08. The molecule has 0 unspecified atom stereocenters. The molecule has 0 saturated carbocycles. The summed E-state index contributed by atoms with van der Waals surface area (Å²) in [4.78, 5) is 8.92. The Morgan fingerprint density at radius 2 is 2.00 bits per heavy atom. The summed E-state index contributed by atoms with van der Waals surface area (Å²) in [5.41, 5.74) is 4.01. The van der Waals surface area contributed by atoms with Crippen molar-refractivity contribution in [1.29, 1.82) is 0 Å². The molecular weight excluding hydrogens is 277 g/mol. The SMILES string of the molecule is Cc1cc(-n2c(CCl)nc3c(C)ccnc32)ccc1F. The molecule has 1 aromatic carbocycles. The summed E-state index contributed by atoms with van der Waals surface area (Å²) < 4.78 is 15.3. The lowest BCUT2D eigenvalue weighted by atomic mass is 10.2. The molecule has 2 heterocycles. The summed E-state index contributed by atoms with van der Waals surface area (Å²) in [6.07, 6.45) is 1.74. The predicted molar refractivity (Wildman–Crippen MR) is 77.9 cm³/mol. The first-order chi connectivity index (χ1) is 9.61. The molecule has 0 aliphatic heterocycles. The molecule has 5 heteroatoms. The number of hydrogen-bond donors (Lipinski definition) is 0. The van der Waals surface area contributed by atoms with Crippen molar-refractivity contribution in [3.63, 3.8) is 0 Å². The number of aryl methyl sites for hydroxylation is 2. The third kappa shape index (κ3) is 1.96. The second-order valence-electron chi connectivity index (χ2n) is 4.73. The van der Waals surface area contributed by atoms with Gasteiger partial charge in [0.25, 0.3) is 0 Å². The molecule has 0 fully saturated rings. The second-order valence-corrected chi connectivity index (χ2v) is 5.00. The molecule has 3 nitrogen and oxygen atoms in total. The van der Waals surface area contributed by atoms with Crippen molar-refractivity contribution in [2.75, 3.05) is 0 Å². The first-order valence-electron chi connectivity index (χ1n) is 6.27. The van der Waals surface area contributed by atoms with E-state index in [4.69, 9.17) is 11.6 Å². The maximum absolute atomic E-state index is 13.4. The number of nitrogens with zero attached hydrogens (tertiary/aromatic N) is 3. The maximum Gasteiger partial charge on any atom is 0.164 e. The molecule has 102 valence electrons. The van der Waals surface area contributed by atoms with Crippen LogP contribution in [0.1, 0.15) is 17.0 Å². The van der Waals surface area contributed by atoms with Crippen molar-refractivity contribution >= 4 is 22.8 Å². The van der Waals surface area contributed by atoms with Crippen LogP contribution in [0.2, 0.25) is 0 Å². The van der Waals surface area contributed by atoms with Crippen molar-refractivity contribution in [2.45, 2.75) is 19.7 Å². The molecule has 3 aromatic rings. The highest BCUT2D eigenvalue weighted by Gasteiger charge is 2.14. The largest absolute Gasteiger partial charge is 0.280 e. The molecule has 20 heavy (non-hydrogen) atoms. The van der Waals surface area contributed by atoms with Crippen LogP contribution >= 0.6 is 11.6 Å². The molecule has 0 aliphatic carbocycles. The Balaban J connectivity index is 2.34. The van der Waals surface area contributed by atoms with Gasteiger partial charge in [0.15, 0.2) is 5.65 Å². The van der Waals surface area contributed by atoms with Crippen LogP contribution < -0.4 is 0 Å². The van der Waals surface area contributed by atoms with Gasteiger partial charge < -0.3 is 0 Å². The van der Waals surface area contributed by atoms with Gasteiger partial charge >= 0.3 is 0 Å². The topological polar surface area (TPSA) is 30.7 Å². The Labute approximate surface area is 121 Å². The molecule has 0 amide bonds. The molecule has 0 radical (unpaired) electrons. The Morgan fingerprint density at radius 1 is 1.20 bits per heavy atom. The number of pyridine rings is 1. The number of alkyl halides is 1. The first-order valence-corrected chi connectivity index (χ1v) is 6.80. The number of rotatable bonds is 2. The normalized spacial score (nSPS) is 11.2. The average molecular weight is 290 g/mol. The lowest BCUT2D eigenvalue weighted by Crippen LogP contribution is -2.01. The molecule has 0 bridgehead atoms.